The van der Waals surface area contributed by atoms with E-state index in [1.54, 1.807) is 6.08 Å². The van der Waals surface area contributed by atoms with Crippen molar-refractivity contribution in [1.82, 2.24) is 0 Å². The molecule has 0 spiro atoms. The third-order valence-corrected chi connectivity index (χ3v) is 6.58. The van der Waals surface area contributed by atoms with Crippen molar-refractivity contribution in [2.45, 2.75) is 33.6 Å². The molecule has 0 saturated heterocycles. The molecule has 0 atom stereocenters. The molecule has 33 heavy (non-hydrogen) atoms. The molecule has 3 aromatic rings. The summed E-state index contributed by atoms with van der Waals surface area (Å²) in [5.41, 5.74) is 11.9. The van der Waals surface area contributed by atoms with Crippen LogP contribution in [0.1, 0.15) is 53.6 Å². The molecule has 2 nitrogen and oxygen atoms in total. The average molecular weight is 455 g/mol. The zero-order chi connectivity index (χ0) is 23.5. The molecule has 0 bridgehead atoms. The van der Waals surface area contributed by atoms with E-state index in [0.29, 0.717) is 0 Å². The molecule has 0 heterocycles. The second kappa shape index (κ2) is 9.64. The molecule has 1 aliphatic rings. The van der Waals surface area contributed by atoms with Gasteiger partial charge in [-0.2, -0.15) is 0 Å². The lowest BCUT2D eigenvalue weighted by Crippen LogP contribution is -1.99. The highest BCUT2D eigenvalue weighted by Crippen LogP contribution is 2.44. The van der Waals surface area contributed by atoms with Crippen LogP contribution in [0.2, 0.25) is 5.02 Å². The van der Waals surface area contributed by atoms with Crippen LogP contribution in [0.4, 0.5) is 0 Å². The van der Waals surface area contributed by atoms with Crippen LogP contribution < -0.4 is 0 Å². The van der Waals surface area contributed by atoms with Gasteiger partial charge in [0.15, 0.2) is 0 Å². The number of aryl methyl sites for hydroxylation is 1. The first-order valence-electron chi connectivity index (χ1n) is 11.2. The van der Waals surface area contributed by atoms with Crippen LogP contribution in [0.25, 0.3) is 22.8 Å². The lowest BCUT2D eigenvalue weighted by Gasteiger charge is -2.19. The van der Waals surface area contributed by atoms with Crippen LogP contribution in [0.5, 0.6) is 0 Å². The Kier molecular flexibility index (Phi) is 6.67. The predicted molar refractivity (Wildman–Crippen MR) is 139 cm³/mol. The molecule has 0 aliphatic heterocycles. The van der Waals surface area contributed by atoms with Gasteiger partial charge in [-0.15, -0.1) is 0 Å². The van der Waals surface area contributed by atoms with Crippen molar-refractivity contribution in [1.29, 1.82) is 0 Å². The van der Waals surface area contributed by atoms with E-state index in [1.807, 2.05) is 18.2 Å². The van der Waals surface area contributed by atoms with Gasteiger partial charge in [0.05, 0.1) is 0 Å². The van der Waals surface area contributed by atoms with Crippen LogP contribution in [0.3, 0.4) is 0 Å². The van der Waals surface area contributed by atoms with Crippen molar-refractivity contribution in [3.8, 4) is 0 Å². The zero-order valence-corrected chi connectivity index (χ0v) is 19.9. The van der Waals surface area contributed by atoms with E-state index in [1.165, 1.54) is 33.4 Å². The van der Waals surface area contributed by atoms with Gasteiger partial charge in [-0.3, -0.25) is 0 Å². The van der Waals surface area contributed by atoms with Gasteiger partial charge in [-0.05, 0) is 94.5 Å². The van der Waals surface area contributed by atoms with Gasteiger partial charge in [0.25, 0.3) is 0 Å². The van der Waals surface area contributed by atoms with Gasteiger partial charge in [0.1, 0.15) is 0 Å². The van der Waals surface area contributed by atoms with Crippen LogP contribution >= 0.6 is 11.6 Å². The van der Waals surface area contributed by atoms with Gasteiger partial charge >= 0.3 is 5.97 Å². The molecule has 3 aromatic carbocycles. The summed E-state index contributed by atoms with van der Waals surface area (Å²) in [6, 6.07) is 22.9. The number of halogens is 1. The van der Waals surface area contributed by atoms with E-state index in [0.717, 1.165) is 46.2 Å². The predicted octanol–water partition coefficient (Wildman–Crippen LogP) is 8.10. The molecule has 0 aromatic heterocycles. The molecule has 1 aliphatic carbocycles. The fraction of sp³-hybridized carbons (Fsp3) is 0.167. The van der Waals surface area contributed by atoms with Crippen molar-refractivity contribution in [2.75, 3.05) is 0 Å². The van der Waals surface area contributed by atoms with E-state index in [9.17, 15) is 4.79 Å². The monoisotopic (exact) mass is 454 g/mol. The molecule has 3 heteroatoms. The number of aliphatic carboxylic acids is 1. The summed E-state index contributed by atoms with van der Waals surface area (Å²) in [5.74, 6) is -0.952. The highest BCUT2D eigenvalue weighted by molar-refractivity contribution is 6.33. The number of rotatable bonds is 6. The number of carbonyl (C=O) groups is 1. The van der Waals surface area contributed by atoms with Gasteiger partial charge < -0.3 is 5.11 Å². The molecule has 0 fully saturated rings. The minimum Gasteiger partial charge on any atom is -0.478 e. The molecule has 1 N–H and O–H groups in total. The minimum absolute atomic E-state index is 0.763. The highest BCUT2D eigenvalue weighted by Gasteiger charge is 2.24. The Morgan fingerprint density at radius 3 is 2.39 bits per heavy atom. The van der Waals surface area contributed by atoms with E-state index in [2.05, 4.69) is 69.3 Å². The smallest absolute Gasteiger partial charge is 0.328 e. The Morgan fingerprint density at radius 1 is 1.03 bits per heavy atom. The fourth-order valence-corrected chi connectivity index (χ4v) is 4.98. The quantitative estimate of drug-likeness (QED) is 0.301. The molecular weight excluding hydrogens is 428 g/mol. The second-order valence-corrected chi connectivity index (χ2v) is 8.83. The first-order valence-corrected chi connectivity index (χ1v) is 11.6. The summed E-state index contributed by atoms with van der Waals surface area (Å²) in [5, 5.41) is 9.70. The molecule has 4 rings (SSSR count). The van der Waals surface area contributed by atoms with Crippen molar-refractivity contribution < 1.29 is 9.90 Å². The molecule has 0 unspecified atom stereocenters. The molecule has 0 saturated carbocycles. The number of allylic oxidation sites excluding steroid dienone is 4. The molecule has 166 valence electrons. The number of fused-ring (bicyclic) bond motifs is 1. The lowest BCUT2D eigenvalue weighted by atomic mass is 9.85. The van der Waals surface area contributed by atoms with Crippen molar-refractivity contribution >= 4 is 40.4 Å². The number of carboxylic acids is 1. The summed E-state index contributed by atoms with van der Waals surface area (Å²) >= 11 is 6.75. The van der Waals surface area contributed by atoms with Crippen LogP contribution in [0.15, 0.2) is 78.4 Å². The van der Waals surface area contributed by atoms with E-state index in [-0.39, 0.29) is 0 Å². The zero-order valence-electron chi connectivity index (χ0n) is 19.2. The van der Waals surface area contributed by atoms with E-state index in [4.69, 9.17) is 16.7 Å². The van der Waals surface area contributed by atoms with Crippen LogP contribution in [-0.4, -0.2) is 11.1 Å². The average Bonchev–Trinajstić information content (AvgIpc) is 3.13. The Bertz CT molecular complexity index is 1310. The second-order valence-electron chi connectivity index (χ2n) is 8.42. The number of hydrogen-bond donors (Lipinski definition) is 1. The van der Waals surface area contributed by atoms with Crippen LogP contribution in [0, 0.1) is 6.92 Å². The summed E-state index contributed by atoms with van der Waals surface area (Å²) in [7, 11) is 0. The SMILES string of the molecule is CC/C(=C(\C1=C(C)c2ccccc2C1)c1ccc(/C=C/C(=O)O)cc1)c1ccc(C)cc1Cl. The Morgan fingerprint density at radius 2 is 1.76 bits per heavy atom. The third-order valence-electron chi connectivity index (χ3n) is 6.27. The third kappa shape index (κ3) is 4.72. The molecule has 0 radical (unpaired) electrons. The van der Waals surface area contributed by atoms with E-state index < -0.39 is 5.97 Å². The van der Waals surface area contributed by atoms with Gasteiger partial charge in [-0.25, -0.2) is 4.79 Å². The maximum absolute atomic E-state index is 10.9. The lowest BCUT2D eigenvalue weighted by molar-refractivity contribution is -0.131. The summed E-state index contributed by atoms with van der Waals surface area (Å²) in [4.78, 5) is 10.9. The maximum atomic E-state index is 10.9. The van der Waals surface area contributed by atoms with Crippen molar-refractivity contribution in [2.24, 2.45) is 0 Å². The largest absolute Gasteiger partial charge is 0.478 e. The summed E-state index contributed by atoms with van der Waals surface area (Å²) < 4.78 is 0. The number of benzene rings is 3. The standard InChI is InChI=1S/C30H27ClO2/c1-4-24(26-15-9-19(2)17-28(26)31)30(22-13-10-21(11-14-22)12-16-29(32)33)27-18-23-7-5-6-8-25(23)20(27)3/h5-17H,4,18H2,1-3H3,(H,32,33)/b16-12+,30-24+. The Hall–Kier alpha value is -3.36. The fourth-order valence-electron chi connectivity index (χ4n) is 4.63. The van der Waals surface area contributed by atoms with E-state index >= 15 is 0 Å². The Labute approximate surface area is 200 Å². The Balaban J connectivity index is 1.93. The van der Waals surface area contributed by atoms with Gasteiger partial charge in [0.2, 0.25) is 0 Å². The number of hydrogen-bond acceptors (Lipinski definition) is 1. The number of carboxylic acid groups (broad SMARTS) is 1. The van der Waals surface area contributed by atoms with Crippen molar-refractivity contribution in [3.63, 3.8) is 0 Å². The first kappa shape index (κ1) is 22.8. The summed E-state index contributed by atoms with van der Waals surface area (Å²) in [6.45, 7) is 6.43. The van der Waals surface area contributed by atoms with Gasteiger partial charge in [0, 0.05) is 11.1 Å². The minimum atomic E-state index is -0.952. The molecule has 0 amide bonds. The highest BCUT2D eigenvalue weighted by atomic mass is 35.5. The first-order chi connectivity index (χ1) is 15.9. The normalized spacial score (nSPS) is 13.9. The summed E-state index contributed by atoms with van der Waals surface area (Å²) in [6.07, 6.45) is 4.50. The topological polar surface area (TPSA) is 37.3 Å². The van der Waals surface area contributed by atoms with Crippen LogP contribution in [-0.2, 0) is 11.2 Å². The van der Waals surface area contributed by atoms with Crippen molar-refractivity contribution in [3.05, 3.63) is 117 Å². The maximum Gasteiger partial charge on any atom is 0.328 e. The molecular formula is C30H27ClO2. The van der Waals surface area contributed by atoms with Gasteiger partial charge in [-0.1, -0.05) is 79.2 Å².